The Bertz CT molecular complexity index is 1550. The maximum absolute atomic E-state index is 13.0. The molecular weight excluding hydrogens is 560 g/mol. The van der Waals surface area contributed by atoms with Gasteiger partial charge < -0.3 is 24.5 Å². The van der Waals surface area contributed by atoms with Crippen molar-refractivity contribution in [3.05, 3.63) is 87.5 Å². The molecular formula is C27H21Cl2F3N2O5. The van der Waals surface area contributed by atoms with Gasteiger partial charge in [0.05, 0.1) is 11.2 Å². The van der Waals surface area contributed by atoms with Gasteiger partial charge in [-0.3, -0.25) is 9.59 Å². The van der Waals surface area contributed by atoms with E-state index in [1.54, 1.807) is 41.8 Å². The van der Waals surface area contributed by atoms with Crippen LogP contribution in [0.3, 0.4) is 0 Å². The fourth-order valence-electron chi connectivity index (χ4n) is 4.14. The van der Waals surface area contributed by atoms with Crippen molar-refractivity contribution in [3.63, 3.8) is 0 Å². The zero-order valence-corrected chi connectivity index (χ0v) is 22.0. The lowest BCUT2D eigenvalue weighted by atomic mass is 9.93. The average molecular weight is 581 g/mol. The number of amides is 1. The van der Waals surface area contributed by atoms with Crippen molar-refractivity contribution in [3.8, 4) is 17.2 Å². The lowest BCUT2D eigenvalue weighted by Gasteiger charge is -2.26. The second-order valence-corrected chi connectivity index (χ2v) is 9.55. The summed E-state index contributed by atoms with van der Waals surface area (Å²) in [6.45, 7) is 3.26. The number of ether oxygens (including phenoxy) is 3. The summed E-state index contributed by atoms with van der Waals surface area (Å²) < 4.78 is 55.9. The number of benzene rings is 3. The molecule has 0 aliphatic heterocycles. The van der Waals surface area contributed by atoms with Crippen molar-refractivity contribution in [2.45, 2.75) is 32.4 Å². The van der Waals surface area contributed by atoms with E-state index in [-0.39, 0.29) is 23.6 Å². The first-order valence-corrected chi connectivity index (χ1v) is 12.1. The lowest BCUT2D eigenvalue weighted by Crippen LogP contribution is -2.41. The van der Waals surface area contributed by atoms with Gasteiger partial charge in [0.2, 0.25) is 5.60 Å². The van der Waals surface area contributed by atoms with E-state index >= 15 is 0 Å². The number of fused-ring (bicyclic) bond motifs is 1. The fourth-order valence-corrected chi connectivity index (χ4v) is 4.57. The summed E-state index contributed by atoms with van der Waals surface area (Å²) in [7, 11) is 0. The molecule has 7 nitrogen and oxygen atoms in total. The van der Waals surface area contributed by atoms with Gasteiger partial charge in [0.15, 0.2) is 5.75 Å². The number of nitrogens with two attached hydrogens (primary N) is 1. The molecule has 1 amide bonds. The van der Waals surface area contributed by atoms with E-state index in [1.165, 1.54) is 37.3 Å². The van der Waals surface area contributed by atoms with Crippen LogP contribution in [-0.4, -0.2) is 23.3 Å². The molecule has 39 heavy (non-hydrogen) atoms. The number of hydrogen-bond acceptors (Lipinski definition) is 5. The molecule has 3 aromatic carbocycles. The van der Waals surface area contributed by atoms with Crippen LogP contribution in [0.4, 0.5) is 13.2 Å². The molecule has 0 fully saturated rings. The first-order valence-electron chi connectivity index (χ1n) is 11.3. The van der Waals surface area contributed by atoms with Crippen LogP contribution < -0.4 is 15.2 Å². The van der Waals surface area contributed by atoms with E-state index in [0.29, 0.717) is 38.7 Å². The molecule has 2 N–H and O–H groups in total. The molecule has 1 aromatic heterocycles. The zero-order chi connectivity index (χ0) is 28.5. The first kappa shape index (κ1) is 28.1. The topological polar surface area (TPSA) is 92.8 Å². The van der Waals surface area contributed by atoms with Gasteiger partial charge in [-0.2, -0.15) is 0 Å². The van der Waals surface area contributed by atoms with E-state index in [1.807, 2.05) is 0 Å². The normalized spacial score (nSPS) is 13.1. The minimum atomic E-state index is -4.88. The molecule has 0 aliphatic carbocycles. The van der Waals surface area contributed by atoms with Gasteiger partial charge in [0, 0.05) is 33.6 Å². The predicted octanol–water partition coefficient (Wildman–Crippen LogP) is 6.87. The molecule has 0 bridgehead atoms. The molecule has 0 aliphatic rings. The maximum Gasteiger partial charge on any atom is 0.573 e. The predicted molar refractivity (Wildman–Crippen MR) is 139 cm³/mol. The third kappa shape index (κ3) is 5.91. The minimum absolute atomic E-state index is 0.0971. The average Bonchev–Trinajstić information content (AvgIpc) is 3.10. The summed E-state index contributed by atoms with van der Waals surface area (Å²) >= 11 is 12.3. The van der Waals surface area contributed by atoms with E-state index in [0.717, 1.165) is 0 Å². The summed E-state index contributed by atoms with van der Waals surface area (Å²) in [5.74, 6) is -0.478. The zero-order valence-electron chi connectivity index (χ0n) is 20.5. The van der Waals surface area contributed by atoms with E-state index in [9.17, 15) is 22.8 Å². The number of halogens is 5. The van der Waals surface area contributed by atoms with Crippen LogP contribution in [-0.2, 0) is 26.5 Å². The lowest BCUT2D eigenvalue weighted by molar-refractivity contribution is -0.274. The Kier molecular flexibility index (Phi) is 7.72. The van der Waals surface area contributed by atoms with Crippen molar-refractivity contribution in [1.29, 1.82) is 0 Å². The Labute approximate surface area is 230 Å². The number of rotatable bonds is 9. The van der Waals surface area contributed by atoms with Crippen LogP contribution in [0.1, 0.15) is 23.7 Å². The molecule has 4 rings (SSSR count). The van der Waals surface area contributed by atoms with Crippen LogP contribution in [0.25, 0.3) is 10.9 Å². The highest BCUT2D eigenvalue weighted by atomic mass is 35.5. The van der Waals surface area contributed by atoms with Gasteiger partial charge in [-0.05, 0) is 67.9 Å². The van der Waals surface area contributed by atoms with Gasteiger partial charge >= 0.3 is 6.36 Å². The Balaban J connectivity index is 1.84. The summed E-state index contributed by atoms with van der Waals surface area (Å²) in [4.78, 5) is 23.2. The molecule has 0 unspecified atom stereocenters. The summed E-state index contributed by atoms with van der Waals surface area (Å²) in [5.41, 5.74) is 5.35. The number of alkyl halides is 3. The Morgan fingerprint density at radius 2 is 1.69 bits per heavy atom. The van der Waals surface area contributed by atoms with E-state index < -0.39 is 23.6 Å². The molecule has 204 valence electrons. The van der Waals surface area contributed by atoms with Crippen molar-refractivity contribution in [1.82, 2.24) is 4.57 Å². The highest BCUT2D eigenvalue weighted by Crippen LogP contribution is 2.40. The molecule has 0 saturated carbocycles. The second-order valence-electron chi connectivity index (χ2n) is 8.71. The number of aromatic nitrogens is 1. The smallest absolute Gasteiger partial charge is 0.455 e. The quantitative estimate of drug-likeness (QED) is 0.218. The Hall–Kier alpha value is -3.89. The standard InChI is InChI=1S/C27H21Cl2F3N2O5/c1-15-24(38-18-6-4-17(28)5-7-18)20-9-8-19(39-27(30,31)32)12-23(20)34(15)13-16-3-10-22(29)21(11-16)26(2,25(33)36)37-14-35/h3-12,14H,13H2,1-2H3,(H2,33,36)/t26-/m1/s1. The van der Waals surface area contributed by atoms with E-state index in [2.05, 4.69) is 4.74 Å². The van der Waals surface area contributed by atoms with Crippen LogP contribution in [0.5, 0.6) is 17.2 Å². The third-order valence-electron chi connectivity index (χ3n) is 6.14. The van der Waals surface area contributed by atoms with Gasteiger partial charge in [-0.15, -0.1) is 13.2 Å². The van der Waals surface area contributed by atoms with Crippen LogP contribution in [0, 0.1) is 6.92 Å². The Morgan fingerprint density at radius 3 is 2.31 bits per heavy atom. The van der Waals surface area contributed by atoms with Crippen molar-refractivity contribution in [2.24, 2.45) is 5.73 Å². The minimum Gasteiger partial charge on any atom is -0.455 e. The highest BCUT2D eigenvalue weighted by Gasteiger charge is 2.37. The van der Waals surface area contributed by atoms with Crippen LogP contribution in [0.15, 0.2) is 60.7 Å². The number of hydrogen-bond donors (Lipinski definition) is 1. The van der Waals surface area contributed by atoms with E-state index in [4.69, 9.17) is 38.4 Å². The number of carbonyl (C=O) groups excluding carboxylic acids is 2. The van der Waals surface area contributed by atoms with Crippen molar-refractivity contribution >= 4 is 46.5 Å². The van der Waals surface area contributed by atoms with Crippen LogP contribution >= 0.6 is 23.2 Å². The van der Waals surface area contributed by atoms with Crippen molar-refractivity contribution in [2.75, 3.05) is 0 Å². The van der Waals surface area contributed by atoms with Gasteiger partial charge in [0.25, 0.3) is 12.4 Å². The number of carbonyl (C=O) groups is 2. The monoisotopic (exact) mass is 580 g/mol. The summed E-state index contributed by atoms with van der Waals surface area (Å²) in [5, 5.41) is 1.16. The van der Waals surface area contributed by atoms with Gasteiger partial charge in [-0.25, -0.2) is 0 Å². The fraction of sp³-hybridized carbons (Fsp3) is 0.185. The summed E-state index contributed by atoms with van der Waals surface area (Å²) in [6, 6.07) is 15.2. The van der Waals surface area contributed by atoms with Gasteiger partial charge in [0.1, 0.15) is 11.5 Å². The number of nitrogens with zero attached hydrogens (tertiary/aromatic N) is 1. The molecule has 1 atom stereocenters. The Morgan fingerprint density at radius 1 is 1.03 bits per heavy atom. The van der Waals surface area contributed by atoms with Crippen molar-refractivity contribution < 1.29 is 37.0 Å². The molecule has 1 heterocycles. The largest absolute Gasteiger partial charge is 0.573 e. The van der Waals surface area contributed by atoms with Crippen LogP contribution in [0.2, 0.25) is 10.0 Å². The SMILES string of the molecule is Cc1c(Oc2ccc(Cl)cc2)c2ccc(OC(F)(F)F)cc2n1Cc1ccc(Cl)c([C@@](C)(OC=O)C(N)=O)c1. The second kappa shape index (κ2) is 10.7. The highest BCUT2D eigenvalue weighted by molar-refractivity contribution is 6.31. The number of primary amides is 1. The molecule has 0 radical (unpaired) electrons. The first-order chi connectivity index (χ1) is 18.3. The van der Waals surface area contributed by atoms with Gasteiger partial charge in [-0.1, -0.05) is 29.3 Å². The molecule has 4 aromatic rings. The molecule has 0 saturated heterocycles. The maximum atomic E-state index is 13.0. The third-order valence-corrected chi connectivity index (χ3v) is 6.73. The molecule has 12 heteroatoms. The molecule has 0 spiro atoms. The summed E-state index contributed by atoms with van der Waals surface area (Å²) in [6.07, 6.45) is -4.88.